The van der Waals surface area contributed by atoms with Crippen molar-refractivity contribution in [1.29, 1.82) is 0 Å². The first-order valence-corrected chi connectivity index (χ1v) is 6.55. The molecule has 1 heterocycles. The monoisotopic (exact) mass is 268 g/mol. The maximum Gasteiger partial charge on any atom is 0.254 e. The minimum absolute atomic E-state index is 0.0484. The molecular weight excluding hydrogens is 250 g/mol. The Kier molecular flexibility index (Phi) is 4.47. The second-order valence-corrected chi connectivity index (χ2v) is 4.93. The third-order valence-corrected chi connectivity index (χ3v) is 3.40. The van der Waals surface area contributed by atoms with Crippen LogP contribution in [0.25, 0.3) is 0 Å². The van der Waals surface area contributed by atoms with Crippen molar-refractivity contribution >= 4 is 5.91 Å². The molecule has 2 rings (SSSR count). The second kappa shape index (κ2) is 6.10. The number of aryl methyl sites for hydroxylation is 1. The van der Waals surface area contributed by atoms with Crippen LogP contribution in [0.3, 0.4) is 0 Å². The molecule has 0 saturated carbocycles. The second-order valence-electron chi connectivity index (χ2n) is 4.93. The first-order valence-electron chi connectivity index (χ1n) is 6.55. The summed E-state index contributed by atoms with van der Waals surface area (Å²) in [7, 11) is 0. The van der Waals surface area contributed by atoms with E-state index in [1.165, 1.54) is 13.0 Å². The molecule has 1 saturated heterocycles. The number of rotatable bonds is 2. The minimum atomic E-state index is -0.813. The van der Waals surface area contributed by atoms with E-state index in [1.807, 2.05) is 0 Å². The van der Waals surface area contributed by atoms with Gasteiger partial charge in [-0.1, -0.05) is 0 Å². The molecule has 1 unspecified atom stereocenters. The van der Waals surface area contributed by atoms with Crippen LogP contribution in [0.5, 0.6) is 0 Å². The van der Waals surface area contributed by atoms with Gasteiger partial charge in [0.2, 0.25) is 0 Å². The number of hydrogen-bond donors (Lipinski definition) is 2. The number of benzene rings is 1. The predicted octanol–water partition coefficient (Wildman–Crippen LogP) is 2.15. The molecule has 1 amide bonds. The summed E-state index contributed by atoms with van der Waals surface area (Å²) in [6.07, 6.45) is 2.68. The first-order chi connectivity index (χ1) is 9.08. The SMILES string of the molecule is Cc1cc(C(=O)NC2CCCNCC2)c(F)cc1F. The van der Waals surface area contributed by atoms with Crippen LogP contribution in [0.2, 0.25) is 0 Å². The summed E-state index contributed by atoms with van der Waals surface area (Å²) in [5.74, 6) is -1.91. The van der Waals surface area contributed by atoms with Crippen molar-refractivity contribution in [3.8, 4) is 0 Å². The van der Waals surface area contributed by atoms with E-state index < -0.39 is 17.5 Å². The number of halogens is 2. The largest absolute Gasteiger partial charge is 0.349 e. The molecule has 3 nitrogen and oxygen atoms in total. The van der Waals surface area contributed by atoms with Crippen molar-refractivity contribution in [2.45, 2.75) is 32.2 Å². The number of amides is 1. The van der Waals surface area contributed by atoms with E-state index in [-0.39, 0.29) is 17.2 Å². The van der Waals surface area contributed by atoms with Gasteiger partial charge < -0.3 is 10.6 Å². The Morgan fingerprint density at radius 1 is 1.26 bits per heavy atom. The van der Waals surface area contributed by atoms with Crippen molar-refractivity contribution in [1.82, 2.24) is 10.6 Å². The van der Waals surface area contributed by atoms with Crippen molar-refractivity contribution in [3.63, 3.8) is 0 Å². The van der Waals surface area contributed by atoms with Gasteiger partial charge in [0, 0.05) is 12.1 Å². The van der Waals surface area contributed by atoms with Crippen molar-refractivity contribution in [3.05, 3.63) is 34.9 Å². The standard InChI is InChI=1S/C14H18F2N2O/c1-9-7-11(13(16)8-12(9)15)14(19)18-10-3-2-5-17-6-4-10/h7-8,10,17H,2-6H2,1H3,(H,18,19). The van der Waals surface area contributed by atoms with Gasteiger partial charge in [-0.05, 0) is 50.9 Å². The van der Waals surface area contributed by atoms with Gasteiger partial charge in [0.05, 0.1) is 5.56 Å². The molecule has 104 valence electrons. The molecular formula is C14H18F2N2O. The molecule has 0 radical (unpaired) electrons. The molecule has 1 aliphatic rings. The summed E-state index contributed by atoms with van der Waals surface area (Å²) in [6, 6.07) is 2.07. The van der Waals surface area contributed by atoms with E-state index in [0.717, 1.165) is 38.4 Å². The van der Waals surface area contributed by atoms with E-state index in [2.05, 4.69) is 10.6 Å². The van der Waals surface area contributed by atoms with Crippen LogP contribution < -0.4 is 10.6 Å². The van der Waals surface area contributed by atoms with Crippen LogP contribution >= 0.6 is 0 Å². The summed E-state index contributed by atoms with van der Waals surface area (Å²) >= 11 is 0. The zero-order valence-electron chi connectivity index (χ0n) is 10.9. The normalized spacial score (nSPS) is 19.8. The van der Waals surface area contributed by atoms with Crippen LogP contribution in [0.4, 0.5) is 8.78 Å². The lowest BCUT2D eigenvalue weighted by Gasteiger charge is -2.16. The molecule has 19 heavy (non-hydrogen) atoms. The third-order valence-electron chi connectivity index (χ3n) is 3.40. The Hall–Kier alpha value is -1.49. The van der Waals surface area contributed by atoms with Gasteiger partial charge in [-0.25, -0.2) is 8.78 Å². The number of carbonyl (C=O) groups excluding carboxylic acids is 1. The molecule has 0 aromatic heterocycles. The molecule has 0 aliphatic carbocycles. The third kappa shape index (κ3) is 3.50. The van der Waals surface area contributed by atoms with Gasteiger partial charge in [0.15, 0.2) is 0 Å². The Morgan fingerprint density at radius 2 is 2.05 bits per heavy atom. The van der Waals surface area contributed by atoms with E-state index in [4.69, 9.17) is 0 Å². The molecule has 0 bridgehead atoms. The molecule has 0 spiro atoms. The smallest absolute Gasteiger partial charge is 0.254 e. The first kappa shape index (κ1) is 13.9. The molecule has 1 aromatic carbocycles. The molecule has 5 heteroatoms. The predicted molar refractivity (Wildman–Crippen MR) is 69.1 cm³/mol. The van der Waals surface area contributed by atoms with Gasteiger partial charge in [-0.15, -0.1) is 0 Å². The quantitative estimate of drug-likeness (QED) is 0.863. The Bertz CT molecular complexity index is 469. The van der Waals surface area contributed by atoms with Crippen molar-refractivity contribution in [2.24, 2.45) is 0 Å². The minimum Gasteiger partial charge on any atom is -0.349 e. The molecule has 1 aromatic rings. The summed E-state index contributed by atoms with van der Waals surface area (Å²) in [5.41, 5.74) is 0.185. The number of hydrogen-bond acceptors (Lipinski definition) is 2. The average molecular weight is 268 g/mol. The zero-order valence-corrected chi connectivity index (χ0v) is 10.9. The molecule has 1 atom stereocenters. The van der Waals surface area contributed by atoms with E-state index in [0.29, 0.717) is 0 Å². The Balaban J connectivity index is 2.08. The van der Waals surface area contributed by atoms with E-state index in [1.54, 1.807) is 0 Å². The summed E-state index contributed by atoms with van der Waals surface area (Å²) in [5, 5.41) is 6.06. The maximum atomic E-state index is 13.6. The Labute approximate surface area is 111 Å². The topological polar surface area (TPSA) is 41.1 Å². The van der Waals surface area contributed by atoms with Gasteiger partial charge in [0.1, 0.15) is 11.6 Å². The van der Waals surface area contributed by atoms with Crippen molar-refractivity contribution in [2.75, 3.05) is 13.1 Å². The van der Waals surface area contributed by atoms with Gasteiger partial charge in [-0.2, -0.15) is 0 Å². The average Bonchev–Trinajstić information content (AvgIpc) is 2.62. The fourth-order valence-corrected chi connectivity index (χ4v) is 2.26. The number of nitrogens with one attached hydrogen (secondary N) is 2. The summed E-state index contributed by atoms with van der Waals surface area (Å²) in [6.45, 7) is 3.30. The lowest BCUT2D eigenvalue weighted by molar-refractivity contribution is 0.0930. The number of carbonyl (C=O) groups is 1. The highest BCUT2D eigenvalue weighted by Crippen LogP contribution is 2.15. The van der Waals surface area contributed by atoms with E-state index in [9.17, 15) is 13.6 Å². The fourth-order valence-electron chi connectivity index (χ4n) is 2.26. The molecule has 2 N–H and O–H groups in total. The lowest BCUT2D eigenvalue weighted by atomic mass is 10.1. The van der Waals surface area contributed by atoms with Crippen LogP contribution in [0, 0.1) is 18.6 Å². The zero-order chi connectivity index (χ0) is 13.8. The van der Waals surface area contributed by atoms with Crippen LogP contribution in [-0.4, -0.2) is 25.0 Å². The highest BCUT2D eigenvalue weighted by Gasteiger charge is 2.19. The summed E-state index contributed by atoms with van der Waals surface area (Å²) in [4.78, 5) is 12.0. The van der Waals surface area contributed by atoms with E-state index >= 15 is 0 Å². The molecule has 1 fully saturated rings. The van der Waals surface area contributed by atoms with Crippen LogP contribution in [0.1, 0.15) is 35.2 Å². The Morgan fingerprint density at radius 3 is 2.84 bits per heavy atom. The maximum absolute atomic E-state index is 13.6. The van der Waals surface area contributed by atoms with Gasteiger partial charge in [0.25, 0.3) is 5.91 Å². The fraction of sp³-hybridized carbons (Fsp3) is 0.500. The highest BCUT2D eigenvalue weighted by atomic mass is 19.1. The van der Waals surface area contributed by atoms with Crippen LogP contribution in [-0.2, 0) is 0 Å². The summed E-state index contributed by atoms with van der Waals surface area (Å²) < 4.78 is 26.8. The van der Waals surface area contributed by atoms with Crippen molar-refractivity contribution < 1.29 is 13.6 Å². The van der Waals surface area contributed by atoms with Crippen LogP contribution in [0.15, 0.2) is 12.1 Å². The lowest BCUT2D eigenvalue weighted by Crippen LogP contribution is -2.36. The van der Waals surface area contributed by atoms with Gasteiger partial charge >= 0.3 is 0 Å². The van der Waals surface area contributed by atoms with Gasteiger partial charge in [-0.3, -0.25) is 4.79 Å². The molecule has 1 aliphatic heterocycles. The highest BCUT2D eigenvalue weighted by molar-refractivity contribution is 5.94.